The molecule has 0 radical (unpaired) electrons. The topological polar surface area (TPSA) is 100 Å². The third kappa shape index (κ3) is 4.12. The molecule has 8 nitrogen and oxygen atoms in total. The Morgan fingerprint density at radius 1 is 1.24 bits per heavy atom. The fourth-order valence-electron chi connectivity index (χ4n) is 3.86. The number of nitrogens with zero attached hydrogens (tertiary/aromatic N) is 3. The van der Waals surface area contributed by atoms with E-state index in [1.165, 1.54) is 5.01 Å². The van der Waals surface area contributed by atoms with E-state index in [0.29, 0.717) is 28.7 Å². The molecular weight excluding hydrogens is 442 g/mol. The second kappa shape index (κ2) is 8.55. The van der Waals surface area contributed by atoms with Crippen molar-refractivity contribution < 1.29 is 14.3 Å². The number of ketones is 1. The Labute approximate surface area is 194 Å². The lowest BCUT2D eigenvalue weighted by molar-refractivity contribution is -0.119. The quantitative estimate of drug-likeness (QED) is 0.603. The molecule has 0 saturated heterocycles. The van der Waals surface area contributed by atoms with Crippen LogP contribution in [0, 0.1) is 5.92 Å². The predicted octanol–water partition coefficient (Wildman–Crippen LogP) is 3.50. The molecule has 5 rings (SSSR count). The zero-order valence-electron chi connectivity index (χ0n) is 17.7. The van der Waals surface area contributed by atoms with Gasteiger partial charge in [0.25, 0.3) is 0 Å². The molecular formula is C24H20ClN5O3. The lowest BCUT2D eigenvalue weighted by Gasteiger charge is -2.23. The van der Waals surface area contributed by atoms with Crippen molar-refractivity contribution in [2.24, 2.45) is 5.92 Å². The van der Waals surface area contributed by atoms with E-state index in [0.717, 1.165) is 16.7 Å². The number of amides is 1. The number of aromatic nitrogens is 3. The number of hydrazine groups is 1. The number of hydrogen-bond acceptors (Lipinski definition) is 6. The van der Waals surface area contributed by atoms with Crippen LogP contribution in [0.2, 0.25) is 5.02 Å². The number of rotatable bonds is 5. The summed E-state index contributed by atoms with van der Waals surface area (Å²) < 4.78 is 5.83. The van der Waals surface area contributed by atoms with Gasteiger partial charge in [-0.25, -0.2) is 9.99 Å². The number of nitrogens with one attached hydrogen (secondary N) is 2. The van der Waals surface area contributed by atoms with Crippen molar-refractivity contribution in [2.45, 2.75) is 13.3 Å². The Bertz CT molecular complexity index is 1300. The van der Waals surface area contributed by atoms with E-state index in [4.69, 9.17) is 16.3 Å². The Kier molecular flexibility index (Phi) is 5.43. The first-order chi connectivity index (χ1) is 16.0. The second-order valence-electron chi connectivity index (χ2n) is 7.83. The number of H-pyrrole nitrogens is 1. The fraction of sp³-hybridized carbons (Fsp3) is 0.167. The number of hydrogen-bond donors (Lipinski definition) is 2. The van der Waals surface area contributed by atoms with Gasteiger partial charge in [0.1, 0.15) is 11.5 Å². The van der Waals surface area contributed by atoms with Crippen molar-refractivity contribution in [1.82, 2.24) is 25.6 Å². The summed E-state index contributed by atoms with van der Waals surface area (Å²) in [6.07, 6.45) is 2.37. The molecule has 1 aliphatic heterocycles. The van der Waals surface area contributed by atoms with Crippen molar-refractivity contribution in [1.29, 1.82) is 0 Å². The maximum Gasteiger partial charge on any atom is 0.309 e. The number of halogens is 1. The van der Waals surface area contributed by atoms with Gasteiger partial charge >= 0.3 is 5.91 Å². The maximum absolute atomic E-state index is 12.9. The molecule has 2 aromatic carbocycles. The van der Waals surface area contributed by atoms with E-state index in [1.54, 1.807) is 13.0 Å². The van der Waals surface area contributed by atoms with E-state index < -0.39 is 5.91 Å². The summed E-state index contributed by atoms with van der Waals surface area (Å²) in [5.41, 5.74) is 5.64. The number of carbonyl (C=O) groups excluding carboxylic acids is 2. The van der Waals surface area contributed by atoms with Gasteiger partial charge in [-0.3, -0.25) is 20.1 Å². The van der Waals surface area contributed by atoms with Crippen LogP contribution >= 0.6 is 11.6 Å². The highest BCUT2D eigenvalue weighted by molar-refractivity contribution is 6.30. The lowest BCUT2D eigenvalue weighted by Crippen LogP contribution is -2.43. The van der Waals surface area contributed by atoms with Gasteiger partial charge in [-0.05, 0) is 23.3 Å². The third-order valence-corrected chi connectivity index (χ3v) is 5.69. The normalized spacial score (nSPS) is 17.5. The smallest absolute Gasteiger partial charge is 0.309 e. The van der Waals surface area contributed by atoms with E-state index in [2.05, 4.69) is 20.6 Å². The summed E-state index contributed by atoms with van der Waals surface area (Å²) in [6.45, 7) is 1.80. The number of benzene rings is 2. The molecule has 2 N–H and O–H groups in total. The zero-order chi connectivity index (χ0) is 22.9. The first kappa shape index (κ1) is 21.0. The molecule has 3 aromatic rings. The van der Waals surface area contributed by atoms with Crippen LogP contribution in [0.5, 0.6) is 0 Å². The van der Waals surface area contributed by atoms with Crippen LogP contribution in [0.15, 0.2) is 72.1 Å². The molecule has 9 heteroatoms. The zero-order valence-corrected chi connectivity index (χ0v) is 18.5. The summed E-state index contributed by atoms with van der Waals surface area (Å²) in [5, 5.41) is 8.80. The van der Waals surface area contributed by atoms with Crippen molar-refractivity contribution in [3.63, 3.8) is 0 Å². The molecule has 0 unspecified atom stereocenters. The largest absolute Gasteiger partial charge is 0.468 e. The SMILES string of the molecule is C[C@H]1C=C(c2cccc(Cl)c2)C2=C(C1=O)N(NC(=O)c1n[nH]c(Cc3ccccc3)n1)CO2. The molecule has 33 heavy (non-hydrogen) atoms. The summed E-state index contributed by atoms with van der Waals surface area (Å²) in [7, 11) is 0. The number of Topliss-reactive ketones (excluding diaryl/α,β-unsaturated/α-hetero) is 1. The van der Waals surface area contributed by atoms with Crippen molar-refractivity contribution in [3.05, 3.63) is 99.9 Å². The van der Waals surface area contributed by atoms with Crippen LogP contribution in [0.1, 0.15) is 34.5 Å². The summed E-state index contributed by atoms with van der Waals surface area (Å²) in [4.78, 5) is 30.0. The second-order valence-corrected chi connectivity index (χ2v) is 8.27. The standard InChI is InChI=1S/C24H20ClN5O3/c1-14-10-18(16-8-5-9-17(25)12-16)22-20(21(14)31)30(13-33-22)29-24(32)23-26-19(27-28-23)11-15-6-3-2-4-7-15/h2-10,12,14H,11,13H2,1H3,(H,29,32)(H,26,27,28)/t14-/m0/s1. The number of aromatic amines is 1. The molecule has 0 bridgehead atoms. The summed E-state index contributed by atoms with van der Waals surface area (Å²) >= 11 is 6.16. The van der Waals surface area contributed by atoms with Crippen LogP contribution < -0.4 is 5.43 Å². The van der Waals surface area contributed by atoms with Gasteiger partial charge in [0.05, 0.1) is 0 Å². The predicted molar refractivity (Wildman–Crippen MR) is 122 cm³/mol. The van der Waals surface area contributed by atoms with Crippen LogP contribution in [0.25, 0.3) is 5.57 Å². The summed E-state index contributed by atoms with van der Waals surface area (Å²) in [5.74, 6) is -0.106. The molecule has 2 aliphatic rings. The molecule has 0 fully saturated rings. The average molecular weight is 462 g/mol. The minimum Gasteiger partial charge on any atom is -0.468 e. The summed E-state index contributed by atoms with van der Waals surface area (Å²) in [6, 6.07) is 17.1. The average Bonchev–Trinajstić information content (AvgIpc) is 3.45. The van der Waals surface area contributed by atoms with Gasteiger partial charge in [-0.1, -0.05) is 67.1 Å². The van der Waals surface area contributed by atoms with Gasteiger partial charge in [0.2, 0.25) is 5.82 Å². The Morgan fingerprint density at radius 3 is 2.85 bits per heavy atom. The van der Waals surface area contributed by atoms with Crippen molar-refractivity contribution in [2.75, 3.05) is 6.73 Å². The molecule has 0 saturated carbocycles. The highest BCUT2D eigenvalue weighted by Crippen LogP contribution is 2.38. The van der Waals surface area contributed by atoms with Crippen LogP contribution in [0.4, 0.5) is 0 Å². The molecule has 2 heterocycles. The van der Waals surface area contributed by atoms with Crippen molar-refractivity contribution in [3.8, 4) is 0 Å². The van der Waals surface area contributed by atoms with Gasteiger partial charge in [0.15, 0.2) is 18.3 Å². The maximum atomic E-state index is 12.9. The molecule has 166 valence electrons. The first-order valence-corrected chi connectivity index (χ1v) is 10.8. The van der Waals surface area contributed by atoms with E-state index in [-0.39, 0.29) is 24.3 Å². The molecule has 1 aromatic heterocycles. The monoisotopic (exact) mass is 461 g/mol. The Hall–Kier alpha value is -3.91. The van der Waals surface area contributed by atoms with Gasteiger partial charge in [-0.15, -0.1) is 5.10 Å². The number of allylic oxidation sites excluding steroid dienone is 3. The molecule has 1 amide bonds. The Morgan fingerprint density at radius 2 is 2.06 bits per heavy atom. The van der Waals surface area contributed by atoms with E-state index in [9.17, 15) is 9.59 Å². The van der Waals surface area contributed by atoms with Crippen LogP contribution in [0.3, 0.4) is 0 Å². The lowest BCUT2D eigenvalue weighted by atomic mass is 9.89. The first-order valence-electron chi connectivity index (χ1n) is 10.4. The third-order valence-electron chi connectivity index (χ3n) is 5.45. The fourth-order valence-corrected chi connectivity index (χ4v) is 4.05. The Balaban J connectivity index is 1.36. The van der Waals surface area contributed by atoms with Gasteiger partial charge < -0.3 is 4.74 Å². The van der Waals surface area contributed by atoms with Gasteiger partial charge in [-0.2, -0.15) is 0 Å². The minimum atomic E-state index is -0.540. The van der Waals surface area contributed by atoms with E-state index in [1.807, 2.05) is 54.6 Å². The molecule has 1 aliphatic carbocycles. The number of carbonyl (C=O) groups is 2. The van der Waals surface area contributed by atoms with Gasteiger partial charge in [0, 0.05) is 22.9 Å². The number of ether oxygens (including phenoxy) is 1. The van der Waals surface area contributed by atoms with Crippen molar-refractivity contribution >= 4 is 28.9 Å². The highest BCUT2D eigenvalue weighted by Gasteiger charge is 2.38. The van der Waals surface area contributed by atoms with Crippen LogP contribution in [-0.4, -0.2) is 38.6 Å². The minimum absolute atomic E-state index is 0.00589. The molecule has 1 atom stereocenters. The molecule has 0 spiro atoms. The highest BCUT2D eigenvalue weighted by atomic mass is 35.5. The van der Waals surface area contributed by atoms with E-state index >= 15 is 0 Å². The van der Waals surface area contributed by atoms with Crippen LogP contribution in [-0.2, 0) is 16.0 Å².